The van der Waals surface area contributed by atoms with Crippen molar-refractivity contribution in [1.29, 1.82) is 0 Å². The Bertz CT molecular complexity index is 1140. The molecule has 0 unspecified atom stereocenters. The molecule has 0 aliphatic heterocycles. The normalized spacial score (nSPS) is 11.0. The summed E-state index contributed by atoms with van der Waals surface area (Å²) in [5, 5.41) is 0.816. The number of benzene rings is 2. The average molecular weight is 365 g/mol. The SMILES string of the molecule is Cc1nc(N)c2c(-c3cccnc3-c3ccc(F)c(Cl)c3)cccc2n1. The van der Waals surface area contributed by atoms with E-state index in [9.17, 15) is 4.39 Å². The molecule has 2 aromatic carbocycles. The van der Waals surface area contributed by atoms with Gasteiger partial charge in [-0.15, -0.1) is 0 Å². The summed E-state index contributed by atoms with van der Waals surface area (Å²) in [5.74, 6) is 0.560. The molecule has 0 fully saturated rings. The van der Waals surface area contributed by atoms with Gasteiger partial charge in [0.1, 0.15) is 17.5 Å². The number of aryl methyl sites for hydroxylation is 1. The van der Waals surface area contributed by atoms with Crippen LogP contribution in [0.1, 0.15) is 5.82 Å². The Labute approximate surface area is 154 Å². The first-order valence-electron chi connectivity index (χ1n) is 7.98. The zero-order valence-electron chi connectivity index (χ0n) is 13.9. The molecule has 4 aromatic rings. The molecular formula is C20H14ClFN4. The molecule has 2 N–H and O–H groups in total. The monoisotopic (exact) mass is 364 g/mol. The van der Waals surface area contributed by atoms with Gasteiger partial charge in [-0.25, -0.2) is 14.4 Å². The van der Waals surface area contributed by atoms with Gasteiger partial charge in [0.25, 0.3) is 0 Å². The Morgan fingerprint density at radius 3 is 2.62 bits per heavy atom. The molecule has 6 heteroatoms. The molecule has 0 saturated carbocycles. The minimum atomic E-state index is -0.467. The molecule has 2 aromatic heterocycles. The van der Waals surface area contributed by atoms with Crippen LogP contribution in [0.5, 0.6) is 0 Å². The molecule has 0 saturated heterocycles. The number of nitrogens with zero attached hydrogens (tertiary/aromatic N) is 3. The van der Waals surface area contributed by atoms with Gasteiger partial charge in [-0.3, -0.25) is 4.98 Å². The second kappa shape index (κ2) is 6.35. The van der Waals surface area contributed by atoms with E-state index in [1.165, 1.54) is 6.07 Å². The Balaban J connectivity index is 2.01. The van der Waals surface area contributed by atoms with Gasteiger partial charge in [0, 0.05) is 17.3 Å². The van der Waals surface area contributed by atoms with Crippen LogP contribution in [0.2, 0.25) is 5.02 Å². The molecule has 4 nitrogen and oxygen atoms in total. The van der Waals surface area contributed by atoms with Crippen LogP contribution in [0.4, 0.5) is 10.2 Å². The summed E-state index contributed by atoms with van der Waals surface area (Å²) in [6.45, 7) is 1.80. The highest BCUT2D eigenvalue weighted by Crippen LogP contribution is 2.37. The smallest absolute Gasteiger partial charge is 0.141 e. The van der Waals surface area contributed by atoms with Gasteiger partial charge in [0.2, 0.25) is 0 Å². The van der Waals surface area contributed by atoms with E-state index in [4.69, 9.17) is 17.3 Å². The highest BCUT2D eigenvalue weighted by molar-refractivity contribution is 6.31. The van der Waals surface area contributed by atoms with Crippen LogP contribution in [-0.2, 0) is 0 Å². The average Bonchev–Trinajstić information content (AvgIpc) is 2.63. The van der Waals surface area contributed by atoms with Gasteiger partial charge in [0.15, 0.2) is 0 Å². The largest absolute Gasteiger partial charge is 0.383 e. The number of nitrogens with two attached hydrogens (primary N) is 1. The number of aromatic nitrogens is 3. The van der Waals surface area contributed by atoms with E-state index >= 15 is 0 Å². The molecule has 128 valence electrons. The molecule has 0 aliphatic rings. The minimum absolute atomic E-state index is 0.0514. The highest BCUT2D eigenvalue weighted by atomic mass is 35.5. The number of hydrogen-bond acceptors (Lipinski definition) is 4. The van der Waals surface area contributed by atoms with Crippen molar-refractivity contribution in [3.8, 4) is 22.4 Å². The van der Waals surface area contributed by atoms with E-state index in [1.807, 2.05) is 30.3 Å². The van der Waals surface area contributed by atoms with E-state index < -0.39 is 5.82 Å². The second-order valence-electron chi connectivity index (χ2n) is 5.88. The summed E-state index contributed by atoms with van der Waals surface area (Å²) in [6.07, 6.45) is 1.69. The van der Waals surface area contributed by atoms with Crippen LogP contribution >= 0.6 is 11.6 Å². The summed E-state index contributed by atoms with van der Waals surface area (Å²) in [5.41, 5.74) is 10.1. The van der Waals surface area contributed by atoms with E-state index in [-0.39, 0.29) is 5.02 Å². The number of pyridine rings is 1. The second-order valence-corrected chi connectivity index (χ2v) is 6.29. The van der Waals surface area contributed by atoms with Crippen molar-refractivity contribution in [1.82, 2.24) is 15.0 Å². The van der Waals surface area contributed by atoms with Gasteiger partial charge in [-0.1, -0.05) is 29.8 Å². The lowest BCUT2D eigenvalue weighted by Crippen LogP contribution is -1.99. The lowest BCUT2D eigenvalue weighted by molar-refractivity contribution is 0.628. The number of anilines is 1. The number of nitrogen functional groups attached to an aromatic ring is 1. The minimum Gasteiger partial charge on any atom is -0.383 e. The molecule has 0 atom stereocenters. The third-order valence-corrected chi connectivity index (χ3v) is 4.44. The molecule has 0 spiro atoms. The van der Waals surface area contributed by atoms with Crippen molar-refractivity contribution in [3.63, 3.8) is 0 Å². The lowest BCUT2D eigenvalue weighted by atomic mass is 9.96. The van der Waals surface area contributed by atoms with Gasteiger partial charge in [-0.2, -0.15) is 0 Å². The fourth-order valence-electron chi connectivity index (χ4n) is 3.05. The van der Waals surface area contributed by atoms with Gasteiger partial charge in [0.05, 0.1) is 21.6 Å². The third-order valence-electron chi connectivity index (χ3n) is 4.15. The predicted molar refractivity (Wildman–Crippen MR) is 102 cm³/mol. The van der Waals surface area contributed by atoms with Crippen molar-refractivity contribution >= 4 is 28.3 Å². The van der Waals surface area contributed by atoms with E-state index in [0.29, 0.717) is 17.3 Å². The van der Waals surface area contributed by atoms with Crippen LogP contribution in [-0.4, -0.2) is 15.0 Å². The lowest BCUT2D eigenvalue weighted by Gasteiger charge is -2.13. The van der Waals surface area contributed by atoms with Gasteiger partial charge in [-0.05, 0) is 42.8 Å². The first kappa shape index (κ1) is 16.4. The molecule has 4 rings (SSSR count). The van der Waals surface area contributed by atoms with Crippen molar-refractivity contribution < 1.29 is 4.39 Å². The van der Waals surface area contributed by atoms with E-state index in [2.05, 4.69) is 15.0 Å². The van der Waals surface area contributed by atoms with Crippen molar-refractivity contribution in [2.45, 2.75) is 6.92 Å². The molecule has 0 amide bonds. The zero-order chi connectivity index (χ0) is 18.3. The van der Waals surface area contributed by atoms with Crippen molar-refractivity contribution in [2.75, 3.05) is 5.73 Å². The number of fused-ring (bicyclic) bond motifs is 1. The molecular weight excluding hydrogens is 351 g/mol. The quantitative estimate of drug-likeness (QED) is 0.541. The summed E-state index contributed by atoms with van der Waals surface area (Å²) in [7, 11) is 0. The first-order valence-corrected chi connectivity index (χ1v) is 8.36. The van der Waals surface area contributed by atoms with Crippen LogP contribution < -0.4 is 5.73 Å². The third kappa shape index (κ3) is 2.76. The standard InChI is InChI=1S/C20H14ClFN4/c1-11-25-17-6-2-4-13(18(17)20(23)26-11)14-5-3-9-24-19(14)12-7-8-16(22)15(21)10-12/h2-10H,1H3,(H2,23,25,26). The summed E-state index contributed by atoms with van der Waals surface area (Å²) >= 11 is 5.96. The van der Waals surface area contributed by atoms with Crippen molar-refractivity contribution in [2.24, 2.45) is 0 Å². The number of rotatable bonds is 2. The van der Waals surface area contributed by atoms with Gasteiger partial charge >= 0.3 is 0 Å². The maximum absolute atomic E-state index is 13.6. The maximum atomic E-state index is 13.6. The molecule has 2 heterocycles. The fraction of sp³-hybridized carbons (Fsp3) is 0.0500. The molecule has 0 bridgehead atoms. The van der Waals surface area contributed by atoms with Crippen LogP contribution in [0, 0.1) is 12.7 Å². The Morgan fingerprint density at radius 2 is 1.81 bits per heavy atom. The Kier molecular flexibility index (Phi) is 4.01. The number of hydrogen-bond donors (Lipinski definition) is 1. The van der Waals surface area contributed by atoms with Crippen LogP contribution in [0.3, 0.4) is 0 Å². The summed E-state index contributed by atoms with van der Waals surface area (Å²) < 4.78 is 13.6. The van der Waals surface area contributed by atoms with Gasteiger partial charge < -0.3 is 5.73 Å². The Hall–Kier alpha value is -3.05. The zero-order valence-corrected chi connectivity index (χ0v) is 14.6. The van der Waals surface area contributed by atoms with E-state index in [1.54, 1.807) is 25.3 Å². The first-order chi connectivity index (χ1) is 12.5. The summed E-state index contributed by atoms with van der Waals surface area (Å²) in [6, 6.07) is 14.1. The summed E-state index contributed by atoms with van der Waals surface area (Å²) in [4.78, 5) is 13.2. The van der Waals surface area contributed by atoms with Crippen LogP contribution in [0.25, 0.3) is 33.3 Å². The molecule has 26 heavy (non-hydrogen) atoms. The van der Waals surface area contributed by atoms with Crippen molar-refractivity contribution in [3.05, 3.63) is 71.4 Å². The maximum Gasteiger partial charge on any atom is 0.141 e. The fourth-order valence-corrected chi connectivity index (χ4v) is 3.23. The van der Waals surface area contributed by atoms with Crippen LogP contribution in [0.15, 0.2) is 54.7 Å². The highest BCUT2D eigenvalue weighted by Gasteiger charge is 2.15. The van der Waals surface area contributed by atoms with E-state index in [0.717, 1.165) is 27.6 Å². The molecule has 0 radical (unpaired) electrons. The Morgan fingerprint density at radius 1 is 1.00 bits per heavy atom. The molecule has 0 aliphatic carbocycles. The topological polar surface area (TPSA) is 64.7 Å². The predicted octanol–water partition coefficient (Wildman–Crippen LogP) is 5.04. The number of halogens is 2.